The number of carbonyl (C=O) groups is 1. The fourth-order valence-corrected chi connectivity index (χ4v) is 2.99. The van der Waals surface area contributed by atoms with Gasteiger partial charge in [0.05, 0.1) is 6.61 Å². The summed E-state index contributed by atoms with van der Waals surface area (Å²) in [5.41, 5.74) is 2.48. The second kappa shape index (κ2) is 7.61. The minimum absolute atomic E-state index is 0.0282. The number of aliphatic hydroxyl groups excluding tert-OH is 1. The van der Waals surface area contributed by atoms with E-state index in [1.54, 1.807) is 11.0 Å². The molecule has 0 saturated carbocycles. The predicted octanol–water partition coefficient (Wildman–Crippen LogP) is 2.84. The summed E-state index contributed by atoms with van der Waals surface area (Å²) in [7, 11) is 0. The van der Waals surface area contributed by atoms with E-state index in [2.05, 4.69) is 5.32 Å². The van der Waals surface area contributed by atoms with Crippen molar-refractivity contribution in [2.24, 2.45) is 5.92 Å². The molecule has 0 spiro atoms. The van der Waals surface area contributed by atoms with Crippen LogP contribution in [0, 0.1) is 17.6 Å². The van der Waals surface area contributed by atoms with Crippen LogP contribution in [0.25, 0.3) is 0 Å². The van der Waals surface area contributed by atoms with Gasteiger partial charge < -0.3 is 15.3 Å². The molecular weight excluding hydrogens is 326 g/mol. The normalized spacial score (nSPS) is 14.3. The van der Waals surface area contributed by atoms with E-state index >= 15 is 0 Å². The molecule has 0 bridgehead atoms. The third-order valence-corrected chi connectivity index (χ3v) is 4.37. The quantitative estimate of drug-likeness (QED) is 0.875. The molecule has 6 heteroatoms. The van der Waals surface area contributed by atoms with E-state index in [0.717, 1.165) is 22.8 Å². The molecule has 0 unspecified atom stereocenters. The second-order valence-electron chi connectivity index (χ2n) is 6.36. The van der Waals surface area contributed by atoms with Gasteiger partial charge in [-0.15, -0.1) is 0 Å². The molecule has 0 radical (unpaired) electrons. The van der Waals surface area contributed by atoms with Gasteiger partial charge in [-0.1, -0.05) is 30.3 Å². The summed E-state index contributed by atoms with van der Waals surface area (Å²) in [5, 5.41) is 12.0. The lowest BCUT2D eigenvalue weighted by atomic mass is 9.92. The van der Waals surface area contributed by atoms with Gasteiger partial charge in [-0.25, -0.2) is 13.6 Å². The number of urea groups is 1. The summed E-state index contributed by atoms with van der Waals surface area (Å²) in [4.78, 5) is 13.8. The number of amides is 2. The number of rotatable bonds is 5. The average Bonchev–Trinajstić information content (AvgIpc) is 2.59. The highest BCUT2D eigenvalue weighted by Crippen LogP contribution is 2.21. The SMILES string of the molecule is O=C(NCc1cccc(CO)c1)N1CC(Cc2ccc(F)c(F)c2)C1. The van der Waals surface area contributed by atoms with Crippen molar-refractivity contribution in [3.8, 4) is 0 Å². The number of nitrogens with one attached hydrogen (secondary N) is 1. The Kier molecular flexibility index (Phi) is 5.28. The molecule has 0 aromatic heterocycles. The molecule has 25 heavy (non-hydrogen) atoms. The Labute approximate surface area is 145 Å². The maximum absolute atomic E-state index is 13.2. The number of nitrogens with zero attached hydrogens (tertiary/aromatic N) is 1. The van der Waals surface area contributed by atoms with Crippen molar-refractivity contribution in [2.45, 2.75) is 19.6 Å². The van der Waals surface area contributed by atoms with Crippen molar-refractivity contribution < 1.29 is 18.7 Å². The highest BCUT2D eigenvalue weighted by molar-refractivity contribution is 5.75. The van der Waals surface area contributed by atoms with Gasteiger partial charge in [0.2, 0.25) is 0 Å². The van der Waals surface area contributed by atoms with Crippen LogP contribution in [0.3, 0.4) is 0 Å². The zero-order valence-electron chi connectivity index (χ0n) is 13.7. The first-order valence-corrected chi connectivity index (χ1v) is 8.20. The van der Waals surface area contributed by atoms with E-state index in [1.807, 2.05) is 24.3 Å². The lowest BCUT2D eigenvalue weighted by Gasteiger charge is -2.39. The summed E-state index contributed by atoms with van der Waals surface area (Å²) in [6, 6.07) is 11.2. The molecule has 1 heterocycles. The minimum atomic E-state index is -0.844. The van der Waals surface area contributed by atoms with Crippen LogP contribution in [0.2, 0.25) is 0 Å². The Morgan fingerprint density at radius 1 is 1.08 bits per heavy atom. The number of carbonyl (C=O) groups excluding carboxylic acids is 1. The standard InChI is InChI=1S/C19H20F2N2O2/c20-17-5-4-13(8-18(17)21)6-16-10-23(11-16)19(25)22-9-14-2-1-3-15(7-14)12-24/h1-5,7-8,16,24H,6,9-12H2,(H,22,25). The Hall–Kier alpha value is -2.47. The maximum Gasteiger partial charge on any atom is 0.317 e. The van der Waals surface area contributed by atoms with E-state index in [4.69, 9.17) is 5.11 Å². The molecule has 2 aromatic rings. The first kappa shape index (κ1) is 17.4. The van der Waals surface area contributed by atoms with Crippen LogP contribution in [0.4, 0.5) is 13.6 Å². The summed E-state index contributed by atoms with van der Waals surface area (Å²) in [6.45, 7) is 1.57. The van der Waals surface area contributed by atoms with Gasteiger partial charge in [-0.05, 0) is 41.2 Å². The van der Waals surface area contributed by atoms with Gasteiger partial charge in [0.15, 0.2) is 11.6 Å². The Morgan fingerprint density at radius 3 is 2.56 bits per heavy atom. The maximum atomic E-state index is 13.2. The first-order valence-electron chi connectivity index (χ1n) is 8.20. The Morgan fingerprint density at radius 2 is 1.84 bits per heavy atom. The van der Waals surface area contributed by atoms with Crippen LogP contribution in [0.15, 0.2) is 42.5 Å². The molecular formula is C19H20F2N2O2. The van der Waals surface area contributed by atoms with Crippen LogP contribution >= 0.6 is 0 Å². The molecule has 1 saturated heterocycles. The van der Waals surface area contributed by atoms with Crippen LogP contribution < -0.4 is 5.32 Å². The van der Waals surface area contributed by atoms with Gasteiger partial charge in [0, 0.05) is 19.6 Å². The molecule has 3 rings (SSSR count). The van der Waals surface area contributed by atoms with Crippen LogP contribution in [0.1, 0.15) is 16.7 Å². The lowest BCUT2D eigenvalue weighted by molar-refractivity contribution is 0.120. The second-order valence-corrected chi connectivity index (χ2v) is 6.36. The molecule has 0 atom stereocenters. The molecule has 2 N–H and O–H groups in total. The van der Waals surface area contributed by atoms with Gasteiger partial charge in [-0.3, -0.25) is 0 Å². The van der Waals surface area contributed by atoms with Gasteiger partial charge in [0.25, 0.3) is 0 Å². The fourth-order valence-electron chi connectivity index (χ4n) is 2.99. The number of hydrogen-bond acceptors (Lipinski definition) is 2. The van der Waals surface area contributed by atoms with Crippen LogP contribution in [-0.4, -0.2) is 29.1 Å². The zero-order valence-corrected chi connectivity index (χ0v) is 13.7. The molecule has 2 amide bonds. The highest BCUT2D eigenvalue weighted by Gasteiger charge is 2.30. The molecule has 1 aliphatic rings. The third kappa shape index (κ3) is 4.33. The monoisotopic (exact) mass is 346 g/mol. The van der Waals surface area contributed by atoms with Crippen LogP contribution in [-0.2, 0) is 19.6 Å². The molecule has 2 aromatic carbocycles. The van der Waals surface area contributed by atoms with E-state index in [1.165, 1.54) is 6.07 Å². The molecule has 0 aliphatic carbocycles. The van der Waals surface area contributed by atoms with E-state index in [-0.39, 0.29) is 18.6 Å². The highest BCUT2D eigenvalue weighted by atomic mass is 19.2. The third-order valence-electron chi connectivity index (χ3n) is 4.37. The molecule has 132 valence electrons. The van der Waals surface area contributed by atoms with Gasteiger partial charge in [-0.2, -0.15) is 0 Å². The number of aliphatic hydroxyl groups is 1. The molecule has 1 aliphatic heterocycles. The molecule has 4 nitrogen and oxygen atoms in total. The van der Waals surface area contributed by atoms with Gasteiger partial charge >= 0.3 is 6.03 Å². The zero-order chi connectivity index (χ0) is 17.8. The number of benzene rings is 2. The van der Waals surface area contributed by atoms with Gasteiger partial charge in [0.1, 0.15) is 0 Å². The number of likely N-dealkylation sites (tertiary alicyclic amines) is 1. The average molecular weight is 346 g/mol. The number of halogens is 2. The molecule has 1 fully saturated rings. The predicted molar refractivity (Wildman–Crippen MR) is 89.7 cm³/mol. The first-order chi connectivity index (χ1) is 12.0. The lowest BCUT2D eigenvalue weighted by Crippen LogP contribution is -2.54. The Balaban J connectivity index is 1.44. The van der Waals surface area contributed by atoms with Crippen molar-refractivity contribution in [1.29, 1.82) is 0 Å². The van der Waals surface area contributed by atoms with Crippen molar-refractivity contribution in [3.63, 3.8) is 0 Å². The van der Waals surface area contributed by atoms with Crippen LogP contribution in [0.5, 0.6) is 0 Å². The minimum Gasteiger partial charge on any atom is -0.392 e. The van der Waals surface area contributed by atoms with E-state index < -0.39 is 11.6 Å². The van der Waals surface area contributed by atoms with Crippen molar-refractivity contribution in [2.75, 3.05) is 13.1 Å². The topological polar surface area (TPSA) is 52.6 Å². The summed E-state index contributed by atoms with van der Waals surface area (Å²) >= 11 is 0. The summed E-state index contributed by atoms with van der Waals surface area (Å²) in [5.74, 6) is -1.42. The van der Waals surface area contributed by atoms with E-state index in [0.29, 0.717) is 26.1 Å². The summed E-state index contributed by atoms with van der Waals surface area (Å²) < 4.78 is 26.1. The summed E-state index contributed by atoms with van der Waals surface area (Å²) in [6.07, 6.45) is 0.625. The van der Waals surface area contributed by atoms with E-state index in [9.17, 15) is 13.6 Å². The van der Waals surface area contributed by atoms with Crippen molar-refractivity contribution >= 4 is 6.03 Å². The largest absolute Gasteiger partial charge is 0.392 e. The Bertz CT molecular complexity index is 761. The number of hydrogen-bond donors (Lipinski definition) is 2. The fraction of sp³-hybridized carbons (Fsp3) is 0.316. The smallest absolute Gasteiger partial charge is 0.317 e. The van der Waals surface area contributed by atoms with Crippen molar-refractivity contribution in [3.05, 3.63) is 70.8 Å². The van der Waals surface area contributed by atoms with Crippen molar-refractivity contribution in [1.82, 2.24) is 10.2 Å².